The molecule has 0 fully saturated rings. The SMILES string of the molecule is NCC(=O)N[C@@H](Cc1cnc[nH]1)C(=O)N[C@@H](CO)C(=O)N[C@@H](CCC(N)=O)C(=O)O. The number of hydrogen-bond acceptors (Lipinski definition) is 8. The second-order valence-corrected chi connectivity index (χ2v) is 6.25. The number of aliphatic carboxylic acids is 1. The Morgan fingerprint density at radius 2 is 1.70 bits per heavy atom. The molecule has 14 nitrogen and oxygen atoms in total. The number of hydrogen-bond donors (Lipinski definition) is 8. The lowest BCUT2D eigenvalue weighted by Crippen LogP contribution is -2.57. The van der Waals surface area contributed by atoms with Crippen molar-refractivity contribution in [3.63, 3.8) is 0 Å². The number of rotatable bonds is 13. The van der Waals surface area contributed by atoms with Crippen LogP contribution in [0.2, 0.25) is 0 Å². The highest BCUT2D eigenvalue weighted by molar-refractivity contribution is 5.93. The molecule has 0 aliphatic rings. The van der Waals surface area contributed by atoms with Crippen LogP contribution >= 0.6 is 0 Å². The Bertz CT molecular complexity index is 753. The number of imidazole rings is 1. The second-order valence-electron chi connectivity index (χ2n) is 6.25. The molecule has 1 heterocycles. The Labute approximate surface area is 170 Å². The number of aromatic amines is 1. The molecule has 3 atom stereocenters. The monoisotopic (exact) mass is 427 g/mol. The van der Waals surface area contributed by atoms with Crippen LogP contribution in [0.4, 0.5) is 0 Å². The molecule has 10 N–H and O–H groups in total. The highest BCUT2D eigenvalue weighted by Gasteiger charge is 2.29. The maximum atomic E-state index is 12.6. The molecular weight excluding hydrogens is 402 g/mol. The average Bonchev–Trinajstić information content (AvgIpc) is 3.20. The molecule has 0 saturated carbocycles. The molecule has 0 saturated heterocycles. The van der Waals surface area contributed by atoms with E-state index in [0.717, 1.165) is 0 Å². The average molecular weight is 427 g/mol. The summed E-state index contributed by atoms with van der Waals surface area (Å²) < 4.78 is 0. The molecule has 0 unspecified atom stereocenters. The van der Waals surface area contributed by atoms with Gasteiger partial charge < -0.3 is 42.6 Å². The van der Waals surface area contributed by atoms with Gasteiger partial charge in [0.2, 0.25) is 23.6 Å². The second kappa shape index (κ2) is 12.1. The minimum Gasteiger partial charge on any atom is -0.480 e. The summed E-state index contributed by atoms with van der Waals surface area (Å²) in [6.45, 7) is -1.22. The number of carboxylic acid groups (broad SMARTS) is 1. The molecule has 4 amide bonds. The van der Waals surface area contributed by atoms with Gasteiger partial charge in [-0.2, -0.15) is 0 Å². The molecular formula is C16H25N7O7. The van der Waals surface area contributed by atoms with E-state index in [9.17, 15) is 29.1 Å². The van der Waals surface area contributed by atoms with Gasteiger partial charge in [-0.1, -0.05) is 0 Å². The number of carbonyl (C=O) groups excluding carboxylic acids is 4. The van der Waals surface area contributed by atoms with Crippen LogP contribution in [0.3, 0.4) is 0 Å². The van der Waals surface area contributed by atoms with Gasteiger partial charge in [-0.05, 0) is 6.42 Å². The number of nitrogens with two attached hydrogens (primary N) is 2. The summed E-state index contributed by atoms with van der Waals surface area (Å²) in [6, 6.07) is -4.10. The van der Waals surface area contributed by atoms with E-state index in [-0.39, 0.29) is 25.8 Å². The first kappa shape index (κ1) is 24.5. The first-order valence-electron chi connectivity index (χ1n) is 8.87. The Morgan fingerprint density at radius 1 is 1.07 bits per heavy atom. The number of H-pyrrole nitrogens is 1. The van der Waals surface area contributed by atoms with Crippen LogP contribution in [0.5, 0.6) is 0 Å². The number of nitrogens with zero attached hydrogens (tertiary/aromatic N) is 1. The van der Waals surface area contributed by atoms with E-state index in [1.165, 1.54) is 12.5 Å². The number of aromatic nitrogens is 2. The highest BCUT2D eigenvalue weighted by Crippen LogP contribution is 2.02. The van der Waals surface area contributed by atoms with E-state index in [1.807, 2.05) is 0 Å². The van der Waals surface area contributed by atoms with Crippen LogP contribution in [0.25, 0.3) is 0 Å². The number of amides is 4. The molecule has 14 heteroatoms. The number of aliphatic hydroxyl groups is 1. The largest absolute Gasteiger partial charge is 0.480 e. The molecule has 0 radical (unpaired) electrons. The van der Waals surface area contributed by atoms with Crippen LogP contribution in [-0.2, 0) is 30.4 Å². The molecule has 30 heavy (non-hydrogen) atoms. The van der Waals surface area contributed by atoms with E-state index in [2.05, 4.69) is 25.9 Å². The summed E-state index contributed by atoms with van der Waals surface area (Å²) in [5.41, 5.74) is 10.7. The van der Waals surface area contributed by atoms with Gasteiger partial charge in [0.05, 0.1) is 19.5 Å². The number of nitrogens with one attached hydrogen (secondary N) is 4. The van der Waals surface area contributed by atoms with Crippen LogP contribution in [-0.4, -0.2) is 81.1 Å². The van der Waals surface area contributed by atoms with Crippen molar-refractivity contribution in [2.24, 2.45) is 11.5 Å². The van der Waals surface area contributed by atoms with Crippen molar-refractivity contribution in [1.29, 1.82) is 0 Å². The number of carbonyl (C=O) groups is 5. The summed E-state index contributed by atoms with van der Waals surface area (Å²) >= 11 is 0. The van der Waals surface area contributed by atoms with Gasteiger partial charge in [0.1, 0.15) is 18.1 Å². The minimum atomic E-state index is -1.51. The first-order chi connectivity index (χ1) is 14.2. The van der Waals surface area contributed by atoms with Crippen LogP contribution < -0.4 is 27.4 Å². The van der Waals surface area contributed by atoms with E-state index in [1.54, 1.807) is 0 Å². The van der Waals surface area contributed by atoms with E-state index in [0.29, 0.717) is 5.69 Å². The number of carboxylic acids is 1. The Hall–Kier alpha value is -3.52. The molecule has 1 aromatic rings. The molecule has 166 valence electrons. The Balaban J connectivity index is 2.82. The van der Waals surface area contributed by atoms with Gasteiger partial charge in [0.15, 0.2) is 0 Å². The predicted molar refractivity (Wildman–Crippen MR) is 100 cm³/mol. The van der Waals surface area contributed by atoms with E-state index in [4.69, 9.17) is 16.6 Å². The molecule has 0 bridgehead atoms. The van der Waals surface area contributed by atoms with E-state index >= 15 is 0 Å². The normalized spacial score (nSPS) is 13.5. The van der Waals surface area contributed by atoms with Crippen molar-refractivity contribution in [1.82, 2.24) is 25.9 Å². The van der Waals surface area contributed by atoms with Gasteiger partial charge in [0.25, 0.3) is 0 Å². The van der Waals surface area contributed by atoms with E-state index < -0.39 is 54.3 Å². The fourth-order valence-corrected chi connectivity index (χ4v) is 2.36. The standard InChI is InChI=1S/C16H25N7O7/c17-4-13(26)21-10(3-8-5-19-7-20-8)14(27)23-11(6-24)15(28)22-9(16(29)30)1-2-12(18)25/h5,7,9-11,24H,1-4,6,17H2,(H2,18,25)(H,19,20)(H,21,26)(H,22,28)(H,23,27)(H,29,30)/t9-,10-,11-/m0/s1. The lowest BCUT2D eigenvalue weighted by molar-refractivity contribution is -0.143. The zero-order chi connectivity index (χ0) is 22.7. The van der Waals surface area contributed by atoms with Crippen molar-refractivity contribution >= 4 is 29.6 Å². The topological polar surface area (TPSA) is 243 Å². The van der Waals surface area contributed by atoms with Gasteiger partial charge in [-0.25, -0.2) is 9.78 Å². The summed E-state index contributed by atoms with van der Waals surface area (Å²) in [7, 11) is 0. The zero-order valence-corrected chi connectivity index (χ0v) is 16.0. The fraction of sp³-hybridized carbons (Fsp3) is 0.500. The molecule has 0 spiro atoms. The lowest BCUT2D eigenvalue weighted by Gasteiger charge is -2.23. The maximum Gasteiger partial charge on any atom is 0.326 e. The van der Waals surface area contributed by atoms with Crippen molar-refractivity contribution in [3.8, 4) is 0 Å². The van der Waals surface area contributed by atoms with Gasteiger partial charge in [-0.3, -0.25) is 19.2 Å². The van der Waals surface area contributed by atoms with Gasteiger partial charge in [0, 0.05) is 24.7 Å². The van der Waals surface area contributed by atoms with Gasteiger partial charge in [-0.15, -0.1) is 0 Å². The maximum absolute atomic E-state index is 12.6. The number of primary amides is 1. The molecule has 1 aromatic heterocycles. The van der Waals surface area contributed by atoms with Crippen LogP contribution in [0, 0.1) is 0 Å². The third kappa shape index (κ3) is 8.24. The number of aliphatic hydroxyl groups excluding tert-OH is 1. The molecule has 0 aliphatic heterocycles. The summed E-state index contributed by atoms with van der Waals surface area (Å²) in [6.07, 6.45) is 2.24. The smallest absolute Gasteiger partial charge is 0.326 e. The molecule has 0 aromatic carbocycles. The Kier molecular flexibility index (Phi) is 9.91. The summed E-state index contributed by atoms with van der Waals surface area (Å²) in [5.74, 6) is -4.60. The third-order valence-electron chi connectivity index (χ3n) is 3.93. The van der Waals surface area contributed by atoms with Gasteiger partial charge >= 0.3 is 5.97 Å². The first-order valence-corrected chi connectivity index (χ1v) is 8.87. The van der Waals surface area contributed by atoms with Crippen LogP contribution in [0.1, 0.15) is 18.5 Å². The highest BCUT2D eigenvalue weighted by atomic mass is 16.4. The van der Waals surface area contributed by atoms with Crippen molar-refractivity contribution in [3.05, 3.63) is 18.2 Å². The molecule has 1 rings (SSSR count). The fourth-order valence-electron chi connectivity index (χ4n) is 2.36. The molecule has 0 aliphatic carbocycles. The van der Waals surface area contributed by atoms with Crippen molar-refractivity contribution in [2.45, 2.75) is 37.4 Å². The lowest BCUT2D eigenvalue weighted by atomic mass is 10.1. The zero-order valence-electron chi connectivity index (χ0n) is 16.0. The predicted octanol–water partition coefficient (Wildman–Crippen LogP) is -4.29. The quantitative estimate of drug-likeness (QED) is 0.151. The summed E-state index contributed by atoms with van der Waals surface area (Å²) in [5, 5.41) is 25.3. The van der Waals surface area contributed by atoms with Crippen molar-refractivity contribution < 1.29 is 34.2 Å². The van der Waals surface area contributed by atoms with Crippen LogP contribution in [0.15, 0.2) is 12.5 Å². The van der Waals surface area contributed by atoms with Crippen molar-refractivity contribution in [2.75, 3.05) is 13.2 Å². The Morgan fingerprint density at radius 3 is 2.20 bits per heavy atom. The third-order valence-corrected chi connectivity index (χ3v) is 3.93. The minimum absolute atomic E-state index is 0.00625. The summed E-state index contributed by atoms with van der Waals surface area (Å²) in [4.78, 5) is 65.1.